The van der Waals surface area contributed by atoms with Crippen LogP contribution in [0.2, 0.25) is 0 Å². The highest BCUT2D eigenvalue weighted by Gasteiger charge is 2.38. The zero-order chi connectivity index (χ0) is 22.0. The molecule has 0 amide bonds. The number of ketones is 1. The molecule has 158 valence electrons. The summed E-state index contributed by atoms with van der Waals surface area (Å²) in [7, 11) is 1.26. The number of methoxy groups -OCH3 is 1. The van der Waals surface area contributed by atoms with Crippen molar-refractivity contribution in [3.05, 3.63) is 76.5 Å². The van der Waals surface area contributed by atoms with Crippen LogP contribution < -0.4 is 10.1 Å². The lowest BCUT2D eigenvalue weighted by Crippen LogP contribution is -2.32. The fourth-order valence-electron chi connectivity index (χ4n) is 3.47. The van der Waals surface area contributed by atoms with Crippen LogP contribution in [0.4, 0.5) is 5.95 Å². The van der Waals surface area contributed by atoms with Crippen LogP contribution in [0.15, 0.2) is 59.8 Å². The van der Waals surface area contributed by atoms with Crippen LogP contribution in [0.5, 0.6) is 5.75 Å². The number of esters is 1. The van der Waals surface area contributed by atoms with Crippen LogP contribution in [0, 0.1) is 6.92 Å². The first-order valence-electron chi connectivity index (χ1n) is 9.75. The number of anilines is 1. The lowest BCUT2D eigenvalue weighted by Gasteiger charge is -2.28. The van der Waals surface area contributed by atoms with Crippen molar-refractivity contribution in [2.75, 3.05) is 19.0 Å². The van der Waals surface area contributed by atoms with E-state index in [9.17, 15) is 9.59 Å². The number of hydrogen-bond donors (Lipinski definition) is 1. The smallest absolute Gasteiger partial charge is 0.355 e. The Kier molecular flexibility index (Phi) is 5.48. The van der Waals surface area contributed by atoms with E-state index < -0.39 is 12.0 Å². The minimum absolute atomic E-state index is 0.00857. The lowest BCUT2D eigenvalue weighted by atomic mass is 9.89. The number of nitrogens with zero attached hydrogens (tertiary/aromatic N) is 4. The number of rotatable bonds is 6. The summed E-state index contributed by atoms with van der Waals surface area (Å²) in [5.41, 5.74) is 2.42. The zero-order valence-corrected chi connectivity index (χ0v) is 17.3. The monoisotopic (exact) mass is 419 g/mol. The van der Waals surface area contributed by atoms with Gasteiger partial charge in [0.05, 0.1) is 19.3 Å². The van der Waals surface area contributed by atoms with Crippen molar-refractivity contribution in [3.63, 3.8) is 0 Å². The van der Waals surface area contributed by atoms with Gasteiger partial charge in [-0.05, 0) is 54.1 Å². The molecule has 1 N–H and O–H groups in total. The molecule has 0 unspecified atom stereocenters. The van der Waals surface area contributed by atoms with E-state index in [0.29, 0.717) is 17.9 Å². The average Bonchev–Trinajstić information content (AvgIpc) is 3.26. The van der Waals surface area contributed by atoms with Crippen molar-refractivity contribution >= 4 is 17.7 Å². The molecule has 0 bridgehead atoms. The second-order valence-electron chi connectivity index (χ2n) is 6.95. The molecule has 31 heavy (non-hydrogen) atoms. The number of Topliss-reactive ketones (excluding diaryl/α,β-unsaturated/α-hetero) is 1. The summed E-state index contributed by atoms with van der Waals surface area (Å²) in [6.45, 7) is 4.37. The summed E-state index contributed by atoms with van der Waals surface area (Å²) >= 11 is 0. The standard InChI is InChI=1S/C22H21N5O4/c1-4-31-16-11-9-15(10-12-16)20(28)17-18(21(29)30-3)23-22-24-25-26-27(22)19(17)14-7-5-13(2)6-8-14/h5-12,19H,4H2,1-3H3,(H,23,24,26)/t19-/m1/s1. The van der Waals surface area contributed by atoms with Gasteiger partial charge in [0.25, 0.3) is 0 Å². The maximum absolute atomic E-state index is 13.7. The number of carbonyl (C=O) groups is 2. The summed E-state index contributed by atoms with van der Waals surface area (Å²) in [6, 6.07) is 13.7. The number of benzene rings is 2. The molecule has 2 heterocycles. The van der Waals surface area contributed by atoms with E-state index in [1.807, 2.05) is 38.1 Å². The molecule has 0 saturated carbocycles. The first-order chi connectivity index (χ1) is 15.0. The Morgan fingerprint density at radius 1 is 1.10 bits per heavy atom. The van der Waals surface area contributed by atoms with Gasteiger partial charge in [0.1, 0.15) is 17.5 Å². The molecule has 1 atom stereocenters. The minimum atomic E-state index is -0.708. The average molecular weight is 419 g/mol. The Morgan fingerprint density at radius 2 is 1.81 bits per heavy atom. The van der Waals surface area contributed by atoms with E-state index in [1.165, 1.54) is 11.8 Å². The first kappa shape index (κ1) is 20.3. The number of fused-ring (bicyclic) bond motifs is 1. The Morgan fingerprint density at radius 3 is 2.45 bits per heavy atom. The summed E-state index contributed by atoms with van der Waals surface area (Å²) in [5.74, 6) is -0.127. The predicted octanol–water partition coefficient (Wildman–Crippen LogP) is 2.71. The van der Waals surface area contributed by atoms with Gasteiger partial charge in [0, 0.05) is 5.56 Å². The fraction of sp³-hybridized carbons (Fsp3) is 0.227. The van der Waals surface area contributed by atoms with E-state index >= 15 is 0 Å². The molecule has 0 saturated heterocycles. The highest BCUT2D eigenvalue weighted by Crippen LogP contribution is 2.36. The maximum atomic E-state index is 13.7. The molecule has 0 aliphatic carbocycles. The van der Waals surface area contributed by atoms with E-state index in [4.69, 9.17) is 9.47 Å². The quantitative estimate of drug-likeness (QED) is 0.480. The van der Waals surface area contributed by atoms with Crippen molar-refractivity contribution in [2.24, 2.45) is 0 Å². The summed E-state index contributed by atoms with van der Waals surface area (Å²) in [6.07, 6.45) is 0. The number of tetrazole rings is 1. The van der Waals surface area contributed by atoms with E-state index in [1.54, 1.807) is 24.3 Å². The Bertz CT molecular complexity index is 1150. The van der Waals surface area contributed by atoms with Crippen molar-refractivity contribution in [2.45, 2.75) is 19.9 Å². The van der Waals surface area contributed by atoms with Crippen LogP contribution in [0.3, 0.4) is 0 Å². The third-order valence-electron chi connectivity index (χ3n) is 4.97. The van der Waals surface area contributed by atoms with Crippen molar-refractivity contribution < 1.29 is 19.1 Å². The largest absolute Gasteiger partial charge is 0.494 e. The third-order valence-corrected chi connectivity index (χ3v) is 4.97. The van der Waals surface area contributed by atoms with E-state index in [2.05, 4.69) is 20.8 Å². The second kappa shape index (κ2) is 8.39. The summed E-state index contributed by atoms with van der Waals surface area (Å²) in [4.78, 5) is 26.3. The van der Waals surface area contributed by atoms with Crippen molar-refractivity contribution in [1.29, 1.82) is 0 Å². The molecule has 9 nitrogen and oxygen atoms in total. The van der Waals surface area contributed by atoms with E-state index in [0.717, 1.165) is 11.1 Å². The number of hydrogen-bond acceptors (Lipinski definition) is 8. The highest BCUT2D eigenvalue weighted by molar-refractivity contribution is 6.14. The SMILES string of the molecule is CCOc1ccc(C(=O)C2=C(C(=O)OC)Nc3nnnn3[C@@H]2c2ccc(C)cc2)cc1. The fourth-order valence-corrected chi connectivity index (χ4v) is 3.47. The molecule has 1 aromatic heterocycles. The molecular weight excluding hydrogens is 398 g/mol. The molecular formula is C22H21N5O4. The second-order valence-corrected chi connectivity index (χ2v) is 6.95. The number of ether oxygens (including phenoxy) is 2. The number of nitrogens with one attached hydrogen (secondary N) is 1. The summed E-state index contributed by atoms with van der Waals surface area (Å²) in [5, 5.41) is 14.6. The Balaban J connectivity index is 1.87. The zero-order valence-electron chi connectivity index (χ0n) is 17.3. The normalized spacial score (nSPS) is 15.1. The van der Waals surface area contributed by atoms with Crippen LogP contribution in [-0.2, 0) is 9.53 Å². The van der Waals surface area contributed by atoms with Crippen LogP contribution >= 0.6 is 0 Å². The van der Waals surface area contributed by atoms with Crippen LogP contribution in [-0.4, -0.2) is 45.7 Å². The van der Waals surface area contributed by atoms with Gasteiger partial charge in [-0.25, -0.2) is 4.79 Å². The number of carbonyl (C=O) groups excluding carboxylic acids is 2. The van der Waals surface area contributed by atoms with Crippen molar-refractivity contribution in [1.82, 2.24) is 20.2 Å². The number of aromatic nitrogens is 4. The molecule has 2 aromatic carbocycles. The summed E-state index contributed by atoms with van der Waals surface area (Å²) < 4.78 is 11.9. The molecule has 4 rings (SSSR count). The maximum Gasteiger partial charge on any atom is 0.355 e. The first-order valence-corrected chi connectivity index (χ1v) is 9.75. The van der Waals surface area contributed by atoms with Gasteiger partial charge < -0.3 is 14.8 Å². The van der Waals surface area contributed by atoms with Gasteiger partial charge in [-0.3, -0.25) is 4.79 Å². The molecule has 0 radical (unpaired) electrons. The highest BCUT2D eigenvalue weighted by atomic mass is 16.5. The molecule has 1 aliphatic rings. The van der Waals surface area contributed by atoms with Crippen LogP contribution in [0.1, 0.15) is 34.5 Å². The predicted molar refractivity (Wildman–Crippen MR) is 112 cm³/mol. The van der Waals surface area contributed by atoms with Gasteiger partial charge in [-0.15, -0.1) is 0 Å². The Labute approximate surface area is 178 Å². The van der Waals surface area contributed by atoms with Gasteiger partial charge in [-0.2, -0.15) is 4.68 Å². The Hall–Kier alpha value is -4.01. The van der Waals surface area contributed by atoms with Gasteiger partial charge >= 0.3 is 5.97 Å². The van der Waals surface area contributed by atoms with Gasteiger partial charge in [0.15, 0.2) is 5.78 Å². The third kappa shape index (κ3) is 3.77. The minimum Gasteiger partial charge on any atom is -0.494 e. The van der Waals surface area contributed by atoms with Gasteiger partial charge in [0.2, 0.25) is 5.95 Å². The molecule has 9 heteroatoms. The lowest BCUT2D eigenvalue weighted by molar-refractivity contribution is -0.136. The molecule has 1 aliphatic heterocycles. The van der Waals surface area contributed by atoms with Crippen LogP contribution in [0.25, 0.3) is 0 Å². The topological polar surface area (TPSA) is 108 Å². The molecule has 3 aromatic rings. The van der Waals surface area contributed by atoms with E-state index in [-0.39, 0.29) is 23.0 Å². The van der Waals surface area contributed by atoms with Gasteiger partial charge in [-0.1, -0.05) is 34.9 Å². The number of allylic oxidation sites excluding steroid dienone is 1. The number of aryl methyl sites for hydroxylation is 1. The molecule has 0 spiro atoms. The molecule has 0 fully saturated rings. The van der Waals surface area contributed by atoms with Crippen molar-refractivity contribution in [3.8, 4) is 5.75 Å².